The van der Waals surface area contributed by atoms with Crippen molar-refractivity contribution in [2.45, 2.75) is 13.8 Å². The van der Waals surface area contributed by atoms with Crippen LogP contribution in [0.2, 0.25) is 0 Å². The van der Waals surface area contributed by atoms with Gasteiger partial charge in [0.15, 0.2) is 0 Å². The number of aromatic nitrogens is 1. The Morgan fingerprint density at radius 2 is 2.17 bits per heavy atom. The third-order valence-electron chi connectivity index (χ3n) is 3.18. The van der Waals surface area contributed by atoms with Gasteiger partial charge in [-0.3, -0.25) is 9.69 Å². The summed E-state index contributed by atoms with van der Waals surface area (Å²) in [6.45, 7) is 9.21. The maximum absolute atomic E-state index is 11.9. The first-order chi connectivity index (χ1) is 8.68. The van der Waals surface area contributed by atoms with Crippen LogP contribution in [0.3, 0.4) is 0 Å². The third kappa shape index (κ3) is 3.08. The Bertz CT molecular complexity index is 391. The normalized spacial score (nSPS) is 16.8. The number of hydrogen-bond donors (Lipinski definition) is 2. The molecule has 1 aromatic rings. The molecular formula is C12H20N4O2. The van der Waals surface area contributed by atoms with Gasteiger partial charge < -0.3 is 15.2 Å². The minimum atomic E-state index is -0.0959. The van der Waals surface area contributed by atoms with Gasteiger partial charge in [-0.05, 0) is 13.8 Å². The molecule has 0 aromatic carbocycles. The highest BCUT2D eigenvalue weighted by atomic mass is 16.5. The van der Waals surface area contributed by atoms with Crippen LogP contribution in [0.5, 0.6) is 0 Å². The van der Waals surface area contributed by atoms with E-state index in [-0.39, 0.29) is 5.91 Å². The smallest absolute Gasteiger partial charge is 0.256 e. The third-order valence-corrected chi connectivity index (χ3v) is 3.18. The average Bonchev–Trinajstić information content (AvgIpc) is 2.70. The van der Waals surface area contributed by atoms with Gasteiger partial charge in [0.05, 0.1) is 5.69 Å². The zero-order chi connectivity index (χ0) is 13.0. The Balaban J connectivity index is 1.78. The minimum Gasteiger partial charge on any atom is -0.361 e. The molecule has 0 unspecified atom stereocenters. The summed E-state index contributed by atoms with van der Waals surface area (Å²) >= 11 is 0. The summed E-state index contributed by atoms with van der Waals surface area (Å²) in [6.07, 6.45) is 0. The molecule has 18 heavy (non-hydrogen) atoms. The Morgan fingerprint density at radius 1 is 1.44 bits per heavy atom. The SMILES string of the molecule is Cc1noc(C)c1C(=O)NCCN1CCNCC1. The molecule has 2 rings (SSSR count). The van der Waals surface area contributed by atoms with Gasteiger partial charge in [-0.25, -0.2) is 0 Å². The van der Waals surface area contributed by atoms with Crippen molar-refractivity contribution in [3.8, 4) is 0 Å². The summed E-state index contributed by atoms with van der Waals surface area (Å²) in [7, 11) is 0. The number of rotatable bonds is 4. The highest BCUT2D eigenvalue weighted by molar-refractivity contribution is 5.96. The van der Waals surface area contributed by atoms with Gasteiger partial charge in [0.2, 0.25) is 0 Å². The van der Waals surface area contributed by atoms with Gasteiger partial charge in [-0.15, -0.1) is 0 Å². The lowest BCUT2D eigenvalue weighted by Gasteiger charge is -2.27. The maximum atomic E-state index is 11.9. The first-order valence-electron chi connectivity index (χ1n) is 6.32. The first-order valence-corrected chi connectivity index (χ1v) is 6.32. The minimum absolute atomic E-state index is 0.0959. The molecule has 0 saturated carbocycles. The van der Waals surface area contributed by atoms with E-state index in [1.54, 1.807) is 13.8 Å². The van der Waals surface area contributed by atoms with Gasteiger partial charge in [0.25, 0.3) is 5.91 Å². The van der Waals surface area contributed by atoms with E-state index in [0.29, 0.717) is 23.6 Å². The van der Waals surface area contributed by atoms with E-state index in [9.17, 15) is 4.79 Å². The summed E-state index contributed by atoms with van der Waals surface area (Å²) in [5.74, 6) is 0.480. The van der Waals surface area contributed by atoms with E-state index >= 15 is 0 Å². The molecule has 0 spiro atoms. The van der Waals surface area contributed by atoms with Crippen LogP contribution >= 0.6 is 0 Å². The molecule has 1 aliphatic rings. The monoisotopic (exact) mass is 252 g/mol. The second-order valence-electron chi connectivity index (χ2n) is 4.55. The largest absolute Gasteiger partial charge is 0.361 e. The Hall–Kier alpha value is -1.40. The zero-order valence-corrected chi connectivity index (χ0v) is 11.0. The number of nitrogens with one attached hydrogen (secondary N) is 2. The van der Waals surface area contributed by atoms with Crippen molar-refractivity contribution in [3.05, 3.63) is 17.0 Å². The molecule has 2 N–H and O–H groups in total. The zero-order valence-electron chi connectivity index (χ0n) is 11.0. The maximum Gasteiger partial charge on any atom is 0.256 e. The predicted octanol–water partition coefficient (Wildman–Crippen LogP) is -0.0736. The van der Waals surface area contributed by atoms with Gasteiger partial charge >= 0.3 is 0 Å². The van der Waals surface area contributed by atoms with E-state index in [1.807, 2.05) is 0 Å². The molecule has 0 radical (unpaired) electrons. The van der Waals surface area contributed by atoms with Crippen molar-refractivity contribution in [1.82, 2.24) is 20.7 Å². The quantitative estimate of drug-likeness (QED) is 0.785. The number of carbonyl (C=O) groups excluding carboxylic acids is 1. The second kappa shape index (κ2) is 5.97. The van der Waals surface area contributed by atoms with E-state index in [0.717, 1.165) is 32.7 Å². The molecule has 0 bridgehead atoms. The van der Waals surface area contributed by atoms with Crippen LogP contribution in [0.15, 0.2) is 4.52 Å². The Morgan fingerprint density at radius 3 is 2.78 bits per heavy atom. The van der Waals surface area contributed by atoms with Crippen molar-refractivity contribution in [3.63, 3.8) is 0 Å². The predicted molar refractivity (Wildman–Crippen MR) is 67.6 cm³/mol. The summed E-state index contributed by atoms with van der Waals surface area (Å²) in [4.78, 5) is 14.3. The van der Waals surface area contributed by atoms with E-state index in [1.165, 1.54) is 0 Å². The molecule has 1 aliphatic heterocycles. The number of nitrogens with zero attached hydrogens (tertiary/aromatic N) is 2. The Kier molecular flexibility index (Phi) is 4.33. The lowest BCUT2D eigenvalue weighted by molar-refractivity contribution is 0.0945. The first kappa shape index (κ1) is 13.0. The van der Waals surface area contributed by atoms with E-state index in [2.05, 4.69) is 20.7 Å². The molecule has 1 aromatic heterocycles. The molecule has 0 atom stereocenters. The molecule has 100 valence electrons. The number of amides is 1. The number of carbonyl (C=O) groups is 1. The van der Waals surface area contributed by atoms with Gasteiger partial charge in [-0.2, -0.15) is 0 Å². The van der Waals surface area contributed by atoms with Crippen LogP contribution in [0.1, 0.15) is 21.8 Å². The summed E-state index contributed by atoms with van der Waals surface area (Å²) < 4.78 is 4.98. The van der Waals surface area contributed by atoms with Crippen LogP contribution in [0.4, 0.5) is 0 Å². The lowest BCUT2D eigenvalue weighted by atomic mass is 10.2. The summed E-state index contributed by atoms with van der Waals surface area (Å²) in [5, 5.41) is 10.00. The molecule has 6 nitrogen and oxygen atoms in total. The fourth-order valence-corrected chi connectivity index (χ4v) is 2.16. The average molecular weight is 252 g/mol. The summed E-state index contributed by atoms with van der Waals surface area (Å²) in [6, 6.07) is 0. The number of piperazine rings is 1. The van der Waals surface area contributed by atoms with Gasteiger partial charge in [-0.1, -0.05) is 5.16 Å². The molecule has 2 heterocycles. The molecular weight excluding hydrogens is 232 g/mol. The second-order valence-corrected chi connectivity index (χ2v) is 4.55. The number of aryl methyl sites for hydroxylation is 2. The van der Waals surface area contributed by atoms with E-state index < -0.39 is 0 Å². The van der Waals surface area contributed by atoms with Crippen LogP contribution in [0, 0.1) is 13.8 Å². The fourth-order valence-electron chi connectivity index (χ4n) is 2.16. The molecule has 1 amide bonds. The van der Waals surface area contributed by atoms with Crippen LogP contribution < -0.4 is 10.6 Å². The topological polar surface area (TPSA) is 70.4 Å². The molecule has 0 aliphatic carbocycles. The standard InChI is InChI=1S/C12H20N4O2/c1-9-11(10(2)18-15-9)12(17)14-5-8-16-6-3-13-4-7-16/h13H,3-8H2,1-2H3,(H,14,17). The Labute approximate surface area is 107 Å². The van der Waals surface area contributed by atoms with E-state index in [4.69, 9.17) is 4.52 Å². The number of hydrogen-bond acceptors (Lipinski definition) is 5. The highest BCUT2D eigenvalue weighted by Gasteiger charge is 2.17. The lowest BCUT2D eigenvalue weighted by Crippen LogP contribution is -2.46. The van der Waals surface area contributed by atoms with Gasteiger partial charge in [0, 0.05) is 39.3 Å². The van der Waals surface area contributed by atoms with Crippen LogP contribution in [0.25, 0.3) is 0 Å². The summed E-state index contributed by atoms with van der Waals surface area (Å²) in [5.41, 5.74) is 1.21. The van der Waals surface area contributed by atoms with Gasteiger partial charge in [0.1, 0.15) is 11.3 Å². The van der Waals surface area contributed by atoms with Crippen molar-refractivity contribution >= 4 is 5.91 Å². The van der Waals surface area contributed by atoms with Crippen molar-refractivity contribution in [2.24, 2.45) is 0 Å². The van der Waals surface area contributed by atoms with Crippen LogP contribution in [-0.4, -0.2) is 55.2 Å². The van der Waals surface area contributed by atoms with Crippen molar-refractivity contribution < 1.29 is 9.32 Å². The highest BCUT2D eigenvalue weighted by Crippen LogP contribution is 2.11. The molecule has 1 fully saturated rings. The van der Waals surface area contributed by atoms with Crippen LogP contribution in [-0.2, 0) is 0 Å². The fraction of sp³-hybridized carbons (Fsp3) is 0.667. The molecule has 1 saturated heterocycles. The van der Waals surface area contributed by atoms with Crippen molar-refractivity contribution in [2.75, 3.05) is 39.3 Å². The molecule has 6 heteroatoms. The van der Waals surface area contributed by atoms with Crippen molar-refractivity contribution in [1.29, 1.82) is 0 Å².